The average molecular weight is 463 g/mol. The van der Waals surface area contributed by atoms with Crippen LogP contribution in [0, 0.1) is 11.6 Å². The third kappa shape index (κ3) is 6.20. The molecule has 3 aromatic rings. The Morgan fingerprint density at radius 1 is 1.00 bits per heavy atom. The number of halogens is 2. The largest absolute Gasteiger partial charge is 0.326 e. The van der Waals surface area contributed by atoms with E-state index in [4.69, 9.17) is 0 Å². The minimum atomic E-state index is -4.19. The molecule has 7 nitrogen and oxygen atoms in total. The van der Waals surface area contributed by atoms with Gasteiger partial charge in [0.15, 0.2) is 0 Å². The van der Waals surface area contributed by atoms with Gasteiger partial charge in [0.1, 0.15) is 11.6 Å². The summed E-state index contributed by atoms with van der Waals surface area (Å²) in [6.07, 6.45) is 2.76. The number of urea groups is 1. The number of carbonyl (C=O) groups is 2. The van der Waals surface area contributed by atoms with Gasteiger partial charge in [0.2, 0.25) is 0 Å². The minimum absolute atomic E-state index is 0.212. The van der Waals surface area contributed by atoms with Crippen LogP contribution in [0.4, 0.5) is 25.0 Å². The van der Waals surface area contributed by atoms with Crippen LogP contribution in [0.15, 0.2) is 70.9 Å². The molecule has 160 valence electrons. The number of carbonyl (C=O) groups excluding carboxylic acids is 2. The molecule has 0 spiro atoms. The van der Waals surface area contributed by atoms with Crippen molar-refractivity contribution >= 4 is 50.7 Å². The number of amides is 3. The molecule has 0 unspecified atom stereocenters. The predicted octanol–water partition coefficient (Wildman–Crippen LogP) is 4.19. The summed E-state index contributed by atoms with van der Waals surface area (Å²) in [6.45, 7) is 0. The van der Waals surface area contributed by atoms with Gasteiger partial charge in [-0.05, 0) is 53.9 Å². The molecule has 0 saturated heterocycles. The van der Waals surface area contributed by atoms with Crippen LogP contribution in [-0.4, -0.2) is 20.4 Å². The molecule has 2 aromatic carbocycles. The Morgan fingerprint density at radius 3 is 2.42 bits per heavy atom. The van der Waals surface area contributed by atoms with Gasteiger partial charge < -0.3 is 5.32 Å². The minimum Gasteiger partial charge on any atom is -0.308 e. The fraction of sp³-hybridized carbons (Fsp3) is 0. The molecule has 0 aliphatic carbocycles. The van der Waals surface area contributed by atoms with Crippen LogP contribution in [0.1, 0.15) is 4.88 Å². The normalized spacial score (nSPS) is 11.3. The van der Waals surface area contributed by atoms with E-state index in [0.29, 0.717) is 0 Å². The first-order valence-electron chi connectivity index (χ1n) is 8.64. The highest BCUT2D eigenvalue weighted by atomic mass is 32.2. The van der Waals surface area contributed by atoms with E-state index in [0.717, 1.165) is 35.2 Å². The number of anilines is 2. The lowest BCUT2D eigenvalue weighted by atomic mass is 10.3. The lowest BCUT2D eigenvalue weighted by Gasteiger charge is -2.10. The summed E-state index contributed by atoms with van der Waals surface area (Å²) in [5.74, 6) is -2.37. The van der Waals surface area contributed by atoms with E-state index in [-0.39, 0.29) is 10.6 Å². The Hall–Kier alpha value is -3.57. The van der Waals surface area contributed by atoms with Gasteiger partial charge in [0, 0.05) is 22.7 Å². The smallest absolute Gasteiger partial charge is 0.308 e. The molecule has 1 heterocycles. The summed E-state index contributed by atoms with van der Waals surface area (Å²) >= 11 is 1.43. The van der Waals surface area contributed by atoms with Gasteiger partial charge >= 0.3 is 6.03 Å². The Kier molecular flexibility index (Phi) is 6.78. The number of thiophene rings is 1. The highest BCUT2D eigenvalue weighted by Gasteiger charge is 2.17. The molecule has 11 heteroatoms. The van der Waals surface area contributed by atoms with Crippen molar-refractivity contribution in [3.8, 4) is 0 Å². The summed E-state index contributed by atoms with van der Waals surface area (Å²) in [7, 11) is -4.19. The van der Waals surface area contributed by atoms with Gasteiger partial charge in [-0.25, -0.2) is 22.0 Å². The van der Waals surface area contributed by atoms with Crippen LogP contribution in [0.25, 0.3) is 6.08 Å². The second-order valence-corrected chi connectivity index (χ2v) is 8.71. The van der Waals surface area contributed by atoms with Crippen molar-refractivity contribution in [2.75, 3.05) is 10.0 Å². The van der Waals surface area contributed by atoms with Gasteiger partial charge in [-0.15, -0.1) is 11.3 Å². The Morgan fingerprint density at radius 2 is 1.74 bits per heavy atom. The molecule has 3 amide bonds. The summed E-state index contributed by atoms with van der Waals surface area (Å²) in [6, 6.07) is 10.1. The second-order valence-electron chi connectivity index (χ2n) is 6.05. The molecule has 0 radical (unpaired) electrons. The average Bonchev–Trinajstić information content (AvgIpc) is 3.23. The van der Waals surface area contributed by atoms with Crippen LogP contribution in [0.3, 0.4) is 0 Å². The van der Waals surface area contributed by atoms with Crippen molar-refractivity contribution in [3.05, 3.63) is 82.6 Å². The molecule has 1 aromatic heterocycles. The molecule has 0 aliphatic heterocycles. The highest BCUT2D eigenvalue weighted by molar-refractivity contribution is 7.92. The fourth-order valence-corrected chi connectivity index (χ4v) is 4.03. The van der Waals surface area contributed by atoms with Crippen molar-refractivity contribution in [2.45, 2.75) is 4.90 Å². The van der Waals surface area contributed by atoms with E-state index in [2.05, 4.69) is 10.6 Å². The second kappa shape index (κ2) is 9.49. The Bertz CT molecular complexity index is 1230. The highest BCUT2D eigenvalue weighted by Crippen LogP contribution is 2.21. The lowest BCUT2D eigenvalue weighted by molar-refractivity contribution is -0.115. The van der Waals surface area contributed by atoms with Crippen LogP contribution in [0.2, 0.25) is 0 Å². The molecule has 3 N–H and O–H groups in total. The number of hydrogen-bond acceptors (Lipinski definition) is 5. The topological polar surface area (TPSA) is 104 Å². The molecule has 0 saturated carbocycles. The van der Waals surface area contributed by atoms with Crippen molar-refractivity contribution < 1.29 is 26.8 Å². The van der Waals surface area contributed by atoms with Gasteiger partial charge in [0.25, 0.3) is 15.9 Å². The first-order chi connectivity index (χ1) is 14.7. The quantitative estimate of drug-likeness (QED) is 0.477. The van der Waals surface area contributed by atoms with Crippen LogP contribution >= 0.6 is 11.3 Å². The van der Waals surface area contributed by atoms with E-state index in [9.17, 15) is 26.8 Å². The third-order valence-corrected chi connectivity index (χ3v) is 5.99. The molecule has 0 fully saturated rings. The Labute approximate surface area is 180 Å². The predicted molar refractivity (Wildman–Crippen MR) is 114 cm³/mol. The maximum absolute atomic E-state index is 13.7. The molecule has 31 heavy (non-hydrogen) atoms. The summed E-state index contributed by atoms with van der Waals surface area (Å²) in [5, 5.41) is 6.33. The standard InChI is InChI=1S/C20H15F2N3O4S2/c21-13-3-9-17(22)18(12-13)25-31(28,29)16-7-4-14(5-8-16)23-20(27)24-19(26)10-6-15-2-1-11-30-15/h1-12,25H,(H2,23,24,26,27)/b10-6+. The number of benzene rings is 2. The Balaban J connectivity index is 1.60. The number of hydrogen-bond donors (Lipinski definition) is 3. The molecule has 0 bridgehead atoms. The van der Waals surface area contributed by atoms with Crippen LogP contribution < -0.4 is 15.4 Å². The van der Waals surface area contributed by atoms with Gasteiger partial charge in [-0.2, -0.15) is 0 Å². The van der Waals surface area contributed by atoms with Gasteiger partial charge in [0.05, 0.1) is 10.6 Å². The first-order valence-corrected chi connectivity index (χ1v) is 11.0. The van der Waals surface area contributed by atoms with E-state index in [1.54, 1.807) is 6.08 Å². The van der Waals surface area contributed by atoms with E-state index < -0.39 is 39.3 Å². The van der Waals surface area contributed by atoms with Crippen molar-refractivity contribution in [1.29, 1.82) is 0 Å². The van der Waals surface area contributed by atoms with Crippen molar-refractivity contribution in [2.24, 2.45) is 0 Å². The van der Waals surface area contributed by atoms with E-state index >= 15 is 0 Å². The maximum atomic E-state index is 13.7. The van der Waals surface area contributed by atoms with Gasteiger partial charge in [-0.3, -0.25) is 14.8 Å². The zero-order chi connectivity index (χ0) is 22.4. The summed E-state index contributed by atoms with van der Waals surface area (Å²) < 4.78 is 53.6. The van der Waals surface area contributed by atoms with Gasteiger partial charge in [-0.1, -0.05) is 6.07 Å². The zero-order valence-electron chi connectivity index (χ0n) is 15.6. The summed E-state index contributed by atoms with van der Waals surface area (Å²) in [5.41, 5.74) is -0.320. The molecular formula is C20H15F2N3O4S2. The molecule has 3 rings (SSSR count). The number of sulfonamides is 1. The third-order valence-electron chi connectivity index (χ3n) is 3.77. The number of nitrogens with one attached hydrogen (secondary N) is 3. The van der Waals surface area contributed by atoms with Crippen LogP contribution in [0.5, 0.6) is 0 Å². The number of rotatable bonds is 6. The first kappa shape index (κ1) is 22.1. The monoisotopic (exact) mass is 463 g/mol. The maximum Gasteiger partial charge on any atom is 0.326 e. The van der Waals surface area contributed by atoms with Crippen LogP contribution in [-0.2, 0) is 14.8 Å². The lowest BCUT2D eigenvalue weighted by Crippen LogP contribution is -2.33. The molecule has 0 aliphatic rings. The fourth-order valence-electron chi connectivity index (χ4n) is 2.36. The number of imide groups is 1. The van der Waals surface area contributed by atoms with Crippen molar-refractivity contribution in [3.63, 3.8) is 0 Å². The van der Waals surface area contributed by atoms with Crippen molar-refractivity contribution in [1.82, 2.24) is 5.32 Å². The molecule has 0 atom stereocenters. The molecular weight excluding hydrogens is 448 g/mol. The summed E-state index contributed by atoms with van der Waals surface area (Å²) in [4.78, 5) is 24.3. The zero-order valence-corrected chi connectivity index (χ0v) is 17.3. The van der Waals surface area contributed by atoms with E-state index in [1.165, 1.54) is 29.5 Å². The van der Waals surface area contributed by atoms with E-state index in [1.807, 2.05) is 22.2 Å². The SMILES string of the molecule is O=C(/C=C/c1cccs1)NC(=O)Nc1ccc(S(=O)(=O)Nc2cc(F)ccc2F)cc1.